The molecule has 0 atom stereocenters. The minimum absolute atomic E-state index is 0.0415. The number of rotatable bonds is 4. The SMILES string of the molecule is COc1cc(O)c(C(C)=O)cc1NC(=O)Nc1cccc(C(F)(F)F)c1. The van der Waals surface area contributed by atoms with E-state index in [2.05, 4.69) is 10.6 Å². The quantitative estimate of drug-likeness (QED) is 0.556. The summed E-state index contributed by atoms with van der Waals surface area (Å²) < 4.78 is 43.1. The third-order valence-corrected chi connectivity index (χ3v) is 3.39. The van der Waals surface area contributed by atoms with E-state index in [0.29, 0.717) is 0 Å². The molecule has 0 fully saturated rings. The molecular weight excluding hydrogens is 353 g/mol. The molecule has 0 radical (unpaired) electrons. The number of benzene rings is 2. The monoisotopic (exact) mass is 368 g/mol. The second-order valence-electron chi connectivity index (χ2n) is 5.28. The highest BCUT2D eigenvalue weighted by molar-refractivity contribution is 6.03. The first-order valence-electron chi connectivity index (χ1n) is 7.29. The van der Waals surface area contributed by atoms with E-state index in [0.717, 1.165) is 24.3 Å². The first-order chi connectivity index (χ1) is 12.1. The summed E-state index contributed by atoms with van der Waals surface area (Å²) in [6.07, 6.45) is -4.54. The number of ketones is 1. The molecule has 0 aliphatic heterocycles. The summed E-state index contributed by atoms with van der Waals surface area (Å²) in [5.74, 6) is -0.684. The summed E-state index contributed by atoms with van der Waals surface area (Å²) in [5.41, 5.74) is -0.946. The van der Waals surface area contributed by atoms with Crippen LogP contribution in [0, 0.1) is 0 Å². The maximum atomic E-state index is 12.7. The van der Waals surface area contributed by atoms with E-state index in [4.69, 9.17) is 4.74 Å². The van der Waals surface area contributed by atoms with E-state index < -0.39 is 23.6 Å². The van der Waals surface area contributed by atoms with Crippen molar-refractivity contribution in [2.45, 2.75) is 13.1 Å². The van der Waals surface area contributed by atoms with Gasteiger partial charge in [-0.3, -0.25) is 4.79 Å². The van der Waals surface area contributed by atoms with Crippen LogP contribution in [0.25, 0.3) is 0 Å². The van der Waals surface area contributed by atoms with E-state index >= 15 is 0 Å². The summed E-state index contributed by atoms with van der Waals surface area (Å²) >= 11 is 0. The number of nitrogens with one attached hydrogen (secondary N) is 2. The number of halogens is 3. The van der Waals surface area contributed by atoms with Gasteiger partial charge in [-0.25, -0.2) is 4.79 Å². The minimum atomic E-state index is -4.54. The molecule has 0 aliphatic rings. The number of ether oxygens (including phenoxy) is 1. The van der Waals surface area contributed by atoms with Gasteiger partial charge in [0.2, 0.25) is 0 Å². The van der Waals surface area contributed by atoms with Gasteiger partial charge in [-0.15, -0.1) is 0 Å². The van der Waals surface area contributed by atoms with Gasteiger partial charge in [-0.2, -0.15) is 13.2 Å². The third kappa shape index (κ3) is 4.44. The number of hydrogen-bond acceptors (Lipinski definition) is 4. The van der Waals surface area contributed by atoms with Crippen molar-refractivity contribution in [1.29, 1.82) is 0 Å². The summed E-state index contributed by atoms with van der Waals surface area (Å²) in [5, 5.41) is 14.4. The van der Waals surface area contributed by atoms with Gasteiger partial charge in [-0.1, -0.05) is 6.07 Å². The zero-order chi connectivity index (χ0) is 19.5. The summed E-state index contributed by atoms with van der Waals surface area (Å²) in [4.78, 5) is 23.6. The Hall–Kier alpha value is -3.23. The van der Waals surface area contributed by atoms with Gasteiger partial charge in [0.15, 0.2) is 5.78 Å². The third-order valence-electron chi connectivity index (χ3n) is 3.39. The molecule has 138 valence electrons. The number of urea groups is 1. The van der Waals surface area contributed by atoms with Crippen LogP contribution in [0.15, 0.2) is 36.4 Å². The summed E-state index contributed by atoms with van der Waals surface area (Å²) in [7, 11) is 1.29. The van der Waals surface area contributed by atoms with Crippen LogP contribution in [0.5, 0.6) is 11.5 Å². The number of carbonyl (C=O) groups excluding carboxylic acids is 2. The standard InChI is InChI=1S/C17H15F3N2O4/c1-9(23)12-7-13(15(26-2)8-14(12)24)22-16(25)21-11-5-3-4-10(6-11)17(18,19)20/h3-8,24H,1-2H3,(H2,21,22,25). The molecule has 26 heavy (non-hydrogen) atoms. The number of Topliss-reactive ketones (excluding diaryl/α,β-unsaturated/α-hetero) is 1. The fourth-order valence-corrected chi connectivity index (χ4v) is 2.18. The smallest absolute Gasteiger partial charge is 0.416 e. The highest BCUT2D eigenvalue weighted by atomic mass is 19.4. The van der Waals surface area contributed by atoms with Gasteiger partial charge < -0.3 is 20.5 Å². The molecule has 0 bridgehead atoms. The lowest BCUT2D eigenvalue weighted by Gasteiger charge is -2.14. The van der Waals surface area contributed by atoms with Crippen molar-refractivity contribution in [2.75, 3.05) is 17.7 Å². The van der Waals surface area contributed by atoms with Crippen LogP contribution < -0.4 is 15.4 Å². The van der Waals surface area contributed by atoms with Crippen molar-refractivity contribution in [3.05, 3.63) is 47.5 Å². The summed E-state index contributed by atoms with van der Waals surface area (Å²) in [6.45, 7) is 1.23. The van der Waals surface area contributed by atoms with Gasteiger partial charge in [0.05, 0.1) is 23.9 Å². The van der Waals surface area contributed by atoms with E-state index in [1.54, 1.807) is 0 Å². The van der Waals surface area contributed by atoms with E-state index in [1.807, 2.05) is 0 Å². The van der Waals surface area contributed by atoms with Crippen molar-refractivity contribution >= 4 is 23.2 Å². The van der Waals surface area contributed by atoms with Crippen molar-refractivity contribution in [1.82, 2.24) is 0 Å². The van der Waals surface area contributed by atoms with Gasteiger partial charge in [0, 0.05) is 11.8 Å². The predicted molar refractivity (Wildman–Crippen MR) is 88.7 cm³/mol. The fourth-order valence-electron chi connectivity index (χ4n) is 2.18. The molecule has 0 spiro atoms. The van der Waals surface area contributed by atoms with Crippen LogP contribution in [0.1, 0.15) is 22.8 Å². The highest BCUT2D eigenvalue weighted by Crippen LogP contribution is 2.33. The van der Waals surface area contributed by atoms with Crippen molar-refractivity contribution < 1.29 is 32.6 Å². The number of phenolic OH excluding ortho intramolecular Hbond substituents is 1. The van der Waals surface area contributed by atoms with Crippen LogP contribution in [0.2, 0.25) is 0 Å². The Morgan fingerprint density at radius 2 is 1.81 bits per heavy atom. The molecule has 0 aromatic heterocycles. The molecule has 0 unspecified atom stereocenters. The average molecular weight is 368 g/mol. The van der Waals surface area contributed by atoms with Crippen molar-refractivity contribution in [3.63, 3.8) is 0 Å². The maximum Gasteiger partial charge on any atom is 0.416 e. The Morgan fingerprint density at radius 3 is 2.38 bits per heavy atom. The second-order valence-corrected chi connectivity index (χ2v) is 5.28. The molecule has 0 aliphatic carbocycles. The first kappa shape index (κ1) is 19.1. The highest BCUT2D eigenvalue weighted by Gasteiger charge is 2.30. The lowest BCUT2D eigenvalue weighted by Crippen LogP contribution is -2.20. The van der Waals surface area contributed by atoms with Crippen molar-refractivity contribution in [3.8, 4) is 11.5 Å². The number of anilines is 2. The van der Waals surface area contributed by atoms with Crippen LogP contribution in [0.3, 0.4) is 0 Å². The number of methoxy groups -OCH3 is 1. The van der Waals surface area contributed by atoms with Crippen molar-refractivity contribution in [2.24, 2.45) is 0 Å². The van der Waals surface area contributed by atoms with Gasteiger partial charge >= 0.3 is 12.2 Å². The van der Waals surface area contributed by atoms with Crippen LogP contribution >= 0.6 is 0 Å². The topological polar surface area (TPSA) is 87.7 Å². The Morgan fingerprint density at radius 1 is 1.12 bits per heavy atom. The van der Waals surface area contributed by atoms with E-state index in [-0.39, 0.29) is 28.4 Å². The molecule has 2 rings (SSSR count). The van der Waals surface area contributed by atoms with E-state index in [9.17, 15) is 27.9 Å². The van der Waals surface area contributed by atoms with Crippen LogP contribution in [-0.2, 0) is 6.18 Å². The Labute approximate surface area is 146 Å². The maximum absolute atomic E-state index is 12.7. The number of phenols is 1. The van der Waals surface area contributed by atoms with E-state index in [1.165, 1.54) is 26.2 Å². The molecule has 0 heterocycles. The molecule has 0 saturated heterocycles. The lowest BCUT2D eigenvalue weighted by molar-refractivity contribution is -0.137. The molecule has 2 aromatic rings. The first-order valence-corrected chi connectivity index (χ1v) is 7.29. The van der Waals surface area contributed by atoms with Crippen LogP contribution in [0.4, 0.5) is 29.3 Å². The normalized spacial score (nSPS) is 11.0. The molecule has 6 nitrogen and oxygen atoms in total. The fraction of sp³-hybridized carbons (Fsp3) is 0.176. The van der Waals surface area contributed by atoms with Gasteiger partial charge in [0.1, 0.15) is 11.5 Å². The number of amides is 2. The molecule has 9 heteroatoms. The Kier molecular flexibility index (Phi) is 5.39. The molecule has 0 saturated carbocycles. The molecule has 2 aromatic carbocycles. The number of alkyl halides is 3. The van der Waals surface area contributed by atoms with Gasteiger partial charge in [0.25, 0.3) is 0 Å². The number of carbonyl (C=O) groups is 2. The molecule has 3 N–H and O–H groups in total. The number of hydrogen-bond donors (Lipinski definition) is 3. The largest absolute Gasteiger partial charge is 0.507 e. The van der Waals surface area contributed by atoms with Crippen LogP contribution in [-0.4, -0.2) is 24.0 Å². The Bertz CT molecular complexity index is 850. The molecule has 2 amide bonds. The average Bonchev–Trinajstić information content (AvgIpc) is 2.55. The lowest BCUT2D eigenvalue weighted by atomic mass is 10.1. The minimum Gasteiger partial charge on any atom is -0.507 e. The predicted octanol–water partition coefficient (Wildman–Crippen LogP) is 4.27. The molecular formula is C17H15F3N2O4. The second kappa shape index (κ2) is 7.34. The zero-order valence-corrected chi connectivity index (χ0v) is 13.8. The van der Waals surface area contributed by atoms with Gasteiger partial charge in [-0.05, 0) is 31.2 Å². The Balaban J connectivity index is 2.23. The number of aromatic hydroxyl groups is 1. The summed E-state index contributed by atoms with van der Waals surface area (Å²) in [6, 6.07) is 5.64. The zero-order valence-electron chi connectivity index (χ0n) is 13.8.